The van der Waals surface area contributed by atoms with Crippen molar-refractivity contribution < 1.29 is 9.59 Å². The third-order valence-electron chi connectivity index (χ3n) is 4.82. The normalized spacial score (nSPS) is 10.7. The number of nitrogens with one attached hydrogen (secondary N) is 3. The van der Waals surface area contributed by atoms with Crippen LogP contribution in [0.2, 0.25) is 5.02 Å². The fourth-order valence-corrected chi connectivity index (χ4v) is 3.37. The van der Waals surface area contributed by atoms with E-state index in [0.29, 0.717) is 35.1 Å². The lowest BCUT2D eigenvalue weighted by Crippen LogP contribution is -2.25. The molecular weight excluding hydrogens is 412 g/mol. The number of nitrogens with zero attached hydrogens (tertiary/aromatic N) is 1. The van der Waals surface area contributed by atoms with Gasteiger partial charge in [-0.3, -0.25) is 9.59 Å². The Morgan fingerprint density at radius 1 is 0.935 bits per heavy atom. The minimum absolute atomic E-state index is 0.121. The van der Waals surface area contributed by atoms with Gasteiger partial charge in [-0.25, -0.2) is 4.98 Å². The lowest BCUT2D eigenvalue weighted by molar-refractivity contribution is -0.116. The molecule has 0 saturated heterocycles. The molecule has 0 aliphatic carbocycles. The predicted molar refractivity (Wildman–Crippen MR) is 123 cm³/mol. The Morgan fingerprint density at radius 3 is 2.48 bits per heavy atom. The van der Waals surface area contributed by atoms with Crippen LogP contribution in [0.25, 0.3) is 22.4 Å². The molecule has 0 bridgehead atoms. The molecule has 0 radical (unpaired) electrons. The number of anilines is 1. The molecule has 0 fully saturated rings. The van der Waals surface area contributed by atoms with E-state index in [-0.39, 0.29) is 18.2 Å². The van der Waals surface area contributed by atoms with E-state index in [9.17, 15) is 9.59 Å². The van der Waals surface area contributed by atoms with Gasteiger partial charge in [0.1, 0.15) is 5.82 Å². The molecule has 1 aromatic heterocycles. The number of benzene rings is 3. The molecule has 0 spiro atoms. The average molecular weight is 433 g/mol. The van der Waals surface area contributed by atoms with Crippen molar-refractivity contribution in [2.45, 2.75) is 12.8 Å². The van der Waals surface area contributed by atoms with E-state index in [1.165, 1.54) is 0 Å². The molecule has 2 amide bonds. The number of H-pyrrole nitrogens is 1. The minimum Gasteiger partial charge on any atom is -0.352 e. The molecule has 3 N–H and O–H groups in total. The average Bonchev–Trinajstić information content (AvgIpc) is 3.21. The molecule has 1 heterocycles. The van der Waals surface area contributed by atoms with Crippen molar-refractivity contribution in [3.8, 4) is 11.4 Å². The summed E-state index contributed by atoms with van der Waals surface area (Å²) in [5, 5.41) is 6.35. The molecular formula is C24H21ClN4O2. The maximum Gasteiger partial charge on any atom is 0.251 e. The third kappa shape index (κ3) is 5.10. The molecule has 0 atom stereocenters. The lowest BCUT2D eigenvalue weighted by atomic mass is 10.1. The summed E-state index contributed by atoms with van der Waals surface area (Å²) in [4.78, 5) is 32.5. The van der Waals surface area contributed by atoms with Crippen molar-refractivity contribution >= 4 is 40.1 Å². The maximum absolute atomic E-state index is 12.5. The topological polar surface area (TPSA) is 86.9 Å². The van der Waals surface area contributed by atoms with Gasteiger partial charge in [-0.2, -0.15) is 0 Å². The number of halogens is 1. The Labute approximate surface area is 184 Å². The SMILES string of the molecule is O=C(CCCNC(=O)c1ccc(Cl)cc1)Nc1ccccc1-c1nc2ccccc2[nH]1. The fourth-order valence-electron chi connectivity index (χ4n) is 3.25. The standard InChI is InChI=1S/C24H21ClN4O2/c25-17-13-11-16(12-14-17)24(31)26-15-5-10-22(30)27-19-7-2-1-6-18(19)23-28-20-8-3-4-9-21(20)29-23/h1-4,6-9,11-14H,5,10,15H2,(H,26,31)(H,27,30)(H,28,29). The van der Waals surface area contributed by atoms with Crippen molar-refractivity contribution in [2.24, 2.45) is 0 Å². The van der Waals surface area contributed by atoms with Gasteiger partial charge >= 0.3 is 0 Å². The van der Waals surface area contributed by atoms with E-state index < -0.39 is 0 Å². The van der Waals surface area contributed by atoms with Gasteiger partial charge in [-0.15, -0.1) is 0 Å². The summed E-state index contributed by atoms with van der Waals surface area (Å²) >= 11 is 5.83. The van der Waals surface area contributed by atoms with Gasteiger partial charge in [0.15, 0.2) is 0 Å². The highest BCUT2D eigenvalue weighted by molar-refractivity contribution is 6.30. The molecule has 156 valence electrons. The number of hydrogen-bond acceptors (Lipinski definition) is 3. The Hall–Kier alpha value is -3.64. The first-order valence-corrected chi connectivity index (χ1v) is 10.4. The number of carbonyl (C=O) groups excluding carboxylic acids is 2. The number of fused-ring (bicyclic) bond motifs is 1. The van der Waals surface area contributed by atoms with Gasteiger partial charge in [0.25, 0.3) is 5.91 Å². The maximum atomic E-state index is 12.5. The van der Waals surface area contributed by atoms with Crippen LogP contribution in [0.3, 0.4) is 0 Å². The molecule has 7 heteroatoms. The van der Waals surface area contributed by atoms with E-state index in [4.69, 9.17) is 11.6 Å². The van der Waals surface area contributed by atoms with E-state index in [0.717, 1.165) is 16.6 Å². The van der Waals surface area contributed by atoms with E-state index >= 15 is 0 Å². The monoisotopic (exact) mass is 432 g/mol. The number of para-hydroxylation sites is 3. The summed E-state index contributed by atoms with van der Waals surface area (Å²) in [6.07, 6.45) is 0.813. The van der Waals surface area contributed by atoms with Crippen LogP contribution in [-0.2, 0) is 4.79 Å². The molecule has 0 aliphatic rings. The van der Waals surface area contributed by atoms with Crippen molar-refractivity contribution in [3.05, 3.63) is 83.4 Å². The predicted octanol–water partition coefficient (Wildman–Crippen LogP) is 5.03. The highest BCUT2D eigenvalue weighted by atomic mass is 35.5. The number of hydrogen-bond donors (Lipinski definition) is 3. The molecule has 4 rings (SSSR count). The van der Waals surface area contributed by atoms with Crippen molar-refractivity contribution in [1.82, 2.24) is 15.3 Å². The molecule has 31 heavy (non-hydrogen) atoms. The van der Waals surface area contributed by atoms with Crippen molar-refractivity contribution in [3.63, 3.8) is 0 Å². The van der Waals surface area contributed by atoms with Gasteiger partial charge in [0.2, 0.25) is 5.91 Å². The van der Waals surface area contributed by atoms with Crippen LogP contribution in [0.15, 0.2) is 72.8 Å². The Morgan fingerprint density at radius 2 is 1.68 bits per heavy atom. The fraction of sp³-hybridized carbons (Fsp3) is 0.125. The summed E-state index contributed by atoms with van der Waals surface area (Å²) in [5.74, 6) is 0.393. The summed E-state index contributed by atoms with van der Waals surface area (Å²) in [7, 11) is 0. The molecule has 4 aromatic rings. The molecule has 0 saturated carbocycles. The molecule has 0 unspecified atom stereocenters. The van der Waals surface area contributed by atoms with Gasteiger partial charge in [0, 0.05) is 29.1 Å². The van der Waals surface area contributed by atoms with Crippen molar-refractivity contribution in [1.29, 1.82) is 0 Å². The highest BCUT2D eigenvalue weighted by Gasteiger charge is 2.12. The third-order valence-corrected chi connectivity index (χ3v) is 5.07. The first-order chi connectivity index (χ1) is 15.1. The van der Waals surface area contributed by atoms with Gasteiger partial charge in [-0.1, -0.05) is 35.9 Å². The first kappa shape index (κ1) is 20.6. The van der Waals surface area contributed by atoms with Crippen LogP contribution < -0.4 is 10.6 Å². The summed E-state index contributed by atoms with van der Waals surface area (Å²) in [6, 6.07) is 22.0. The van der Waals surface area contributed by atoms with Crippen LogP contribution in [0.5, 0.6) is 0 Å². The van der Waals surface area contributed by atoms with Gasteiger partial charge in [0.05, 0.1) is 16.7 Å². The number of imidazole rings is 1. The Kier molecular flexibility index (Phi) is 6.29. The number of aromatic nitrogens is 2. The molecule has 0 aliphatic heterocycles. The lowest BCUT2D eigenvalue weighted by Gasteiger charge is -2.10. The first-order valence-electron chi connectivity index (χ1n) is 9.98. The zero-order valence-corrected chi connectivity index (χ0v) is 17.4. The van der Waals surface area contributed by atoms with Crippen LogP contribution in [0.1, 0.15) is 23.2 Å². The summed E-state index contributed by atoms with van der Waals surface area (Å²) in [6.45, 7) is 0.403. The smallest absolute Gasteiger partial charge is 0.251 e. The van der Waals surface area contributed by atoms with Crippen LogP contribution in [0.4, 0.5) is 5.69 Å². The molecule has 6 nitrogen and oxygen atoms in total. The zero-order valence-electron chi connectivity index (χ0n) is 16.7. The zero-order chi connectivity index (χ0) is 21.6. The summed E-state index contributed by atoms with van der Waals surface area (Å²) in [5.41, 5.74) is 3.86. The quantitative estimate of drug-likeness (QED) is 0.358. The molecule has 3 aromatic carbocycles. The van der Waals surface area contributed by atoms with E-state index in [2.05, 4.69) is 20.6 Å². The Bertz CT molecular complexity index is 1180. The van der Waals surface area contributed by atoms with Crippen LogP contribution in [-0.4, -0.2) is 28.3 Å². The minimum atomic E-state index is -0.188. The second-order valence-corrected chi connectivity index (χ2v) is 7.50. The van der Waals surface area contributed by atoms with Crippen LogP contribution in [0, 0.1) is 0 Å². The number of aromatic amines is 1. The highest BCUT2D eigenvalue weighted by Crippen LogP contribution is 2.27. The number of rotatable bonds is 7. The largest absolute Gasteiger partial charge is 0.352 e. The van der Waals surface area contributed by atoms with Crippen molar-refractivity contribution in [2.75, 3.05) is 11.9 Å². The Balaban J connectivity index is 1.33. The van der Waals surface area contributed by atoms with E-state index in [1.807, 2.05) is 48.5 Å². The number of amides is 2. The second-order valence-electron chi connectivity index (χ2n) is 7.06. The summed E-state index contributed by atoms with van der Waals surface area (Å²) < 4.78 is 0. The van der Waals surface area contributed by atoms with Gasteiger partial charge in [-0.05, 0) is 55.0 Å². The van der Waals surface area contributed by atoms with Gasteiger partial charge < -0.3 is 15.6 Å². The second kappa shape index (κ2) is 9.45. The number of carbonyl (C=O) groups is 2. The van der Waals surface area contributed by atoms with Crippen LogP contribution >= 0.6 is 11.6 Å². The van der Waals surface area contributed by atoms with E-state index in [1.54, 1.807) is 24.3 Å².